The first kappa shape index (κ1) is 13.6. The molecule has 92 valence electrons. The van der Waals surface area contributed by atoms with E-state index in [1.54, 1.807) is 11.3 Å². The summed E-state index contributed by atoms with van der Waals surface area (Å²) in [5.41, 5.74) is 1.14. The van der Waals surface area contributed by atoms with E-state index in [9.17, 15) is 8.42 Å². The molecule has 1 heterocycles. The van der Waals surface area contributed by atoms with Crippen LogP contribution in [-0.2, 0) is 16.4 Å². The van der Waals surface area contributed by atoms with E-state index in [-0.39, 0.29) is 24.8 Å². The van der Waals surface area contributed by atoms with Crippen molar-refractivity contribution in [2.75, 3.05) is 12.4 Å². The lowest BCUT2D eigenvalue weighted by Crippen LogP contribution is -2.35. The van der Waals surface area contributed by atoms with Gasteiger partial charge in [0.05, 0.1) is 5.75 Å². The van der Waals surface area contributed by atoms with E-state index in [1.807, 2.05) is 23.8 Å². The summed E-state index contributed by atoms with van der Waals surface area (Å²) in [7, 11) is -3.25. The molecule has 0 spiro atoms. The molecule has 0 aromatic carbocycles. The summed E-state index contributed by atoms with van der Waals surface area (Å²) in [6, 6.07) is 1.88. The Kier molecular flexibility index (Phi) is 5.40. The smallest absolute Gasteiger partial charge is 0.211 e. The van der Waals surface area contributed by atoms with Crippen molar-refractivity contribution in [2.24, 2.45) is 0 Å². The zero-order chi connectivity index (χ0) is 12.0. The minimum absolute atomic E-state index is 0.0164. The second kappa shape index (κ2) is 6.34. The fourth-order valence-corrected chi connectivity index (χ4v) is 3.43. The quantitative estimate of drug-likeness (QED) is 0.770. The Bertz CT molecular complexity index is 386. The molecule has 0 bridgehead atoms. The van der Waals surface area contributed by atoms with Gasteiger partial charge in [-0.15, -0.1) is 0 Å². The van der Waals surface area contributed by atoms with Crippen molar-refractivity contribution in [2.45, 2.75) is 25.8 Å². The van der Waals surface area contributed by atoms with E-state index in [2.05, 4.69) is 4.72 Å². The lowest BCUT2D eigenvalue weighted by Gasteiger charge is -2.13. The molecule has 1 unspecified atom stereocenters. The summed E-state index contributed by atoms with van der Waals surface area (Å²) in [6.07, 6.45) is 0.975. The van der Waals surface area contributed by atoms with Crippen LogP contribution in [0.15, 0.2) is 16.8 Å². The maximum atomic E-state index is 11.5. The minimum Gasteiger partial charge on any atom is -0.396 e. The van der Waals surface area contributed by atoms with Crippen LogP contribution in [0.3, 0.4) is 0 Å². The predicted octanol–water partition coefficient (Wildman–Crippen LogP) is 0.981. The molecule has 0 aliphatic carbocycles. The Labute approximate surface area is 100 Å². The van der Waals surface area contributed by atoms with Crippen molar-refractivity contribution in [1.82, 2.24) is 4.72 Å². The first-order valence-electron chi connectivity index (χ1n) is 5.15. The summed E-state index contributed by atoms with van der Waals surface area (Å²) >= 11 is 1.60. The van der Waals surface area contributed by atoms with E-state index < -0.39 is 10.0 Å². The topological polar surface area (TPSA) is 66.4 Å². The highest BCUT2D eigenvalue weighted by molar-refractivity contribution is 7.89. The molecule has 1 atom stereocenters. The van der Waals surface area contributed by atoms with Gasteiger partial charge in [0, 0.05) is 12.6 Å². The molecule has 0 fully saturated rings. The predicted molar refractivity (Wildman–Crippen MR) is 66.1 cm³/mol. The maximum Gasteiger partial charge on any atom is 0.211 e. The van der Waals surface area contributed by atoms with E-state index >= 15 is 0 Å². The van der Waals surface area contributed by atoms with Crippen LogP contribution in [0.25, 0.3) is 0 Å². The van der Waals surface area contributed by atoms with Gasteiger partial charge in [-0.2, -0.15) is 11.3 Å². The summed E-state index contributed by atoms with van der Waals surface area (Å²) in [6.45, 7) is 1.74. The molecule has 0 saturated carbocycles. The molecule has 1 aromatic rings. The van der Waals surface area contributed by atoms with Gasteiger partial charge >= 0.3 is 0 Å². The highest BCUT2D eigenvalue weighted by atomic mass is 32.2. The minimum atomic E-state index is -3.25. The number of thiophene rings is 1. The van der Waals surface area contributed by atoms with Gasteiger partial charge in [0.2, 0.25) is 10.0 Å². The van der Waals surface area contributed by atoms with Crippen LogP contribution in [0.4, 0.5) is 0 Å². The highest BCUT2D eigenvalue weighted by Crippen LogP contribution is 2.09. The summed E-state index contributed by atoms with van der Waals surface area (Å²) in [4.78, 5) is 0. The van der Waals surface area contributed by atoms with E-state index in [1.165, 1.54) is 0 Å². The third-order valence-corrected chi connectivity index (χ3v) is 4.39. The van der Waals surface area contributed by atoms with Crippen LogP contribution in [0.2, 0.25) is 0 Å². The molecule has 0 amide bonds. The number of aliphatic hydroxyl groups excluding tert-OH is 1. The molecule has 2 N–H and O–H groups in total. The fourth-order valence-electron chi connectivity index (χ4n) is 1.42. The summed E-state index contributed by atoms with van der Waals surface area (Å²) in [5.74, 6) is -0.0164. The van der Waals surface area contributed by atoms with E-state index in [0.29, 0.717) is 6.42 Å². The van der Waals surface area contributed by atoms with Crippen LogP contribution in [0.5, 0.6) is 0 Å². The number of sulfonamides is 1. The SMILES string of the molecule is CC(Cc1ccsc1)NS(=O)(=O)CCCO. The summed E-state index contributed by atoms with van der Waals surface area (Å²) in [5, 5.41) is 12.6. The molecule has 0 saturated heterocycles. The molecule has 4 nitrogen and oxygen atoms in total. The van der Waals surface area contributed by atoms with Gasteiger partial charge < -0.3 is 5.11 Å². The zero-order valence-corrected chi connectivity index (χ0v) is 10.9. The Morgan fingerprint density at radius 3 is 2.88 bits per heavy atom. The Hall–Kier alpha value is -0.430. The number of aliphatic hydroxyl groups is 1. The van der Waals surface area contributed by atoms with Crippen molar-refractivity contribution in [3.05, 3.63) is 22.4 Å². The molecule has 1 aromatic heterocycles. The largest absolute Gasteiger partial charge is 0.396 e. The molecule has 0 radical (unpaired) electrons. The molecule has 6 heteroatoms. The Balaban J connectivity index is 2.41. The first-order valence-corrected chi connectivity index (χ1v) is 7.75. The van der Waals surface area contributed by atoms with Gasteiger partial charge in [0.25, 0.3) is 0 Å². The average molecular weight is 263 g/mol. The third kappa shape index (κ3) is 5.07. The molecular formula is C10H17NO3S2. The van der Waals surface area contributed by atoms with Crippen molar-refractivity contribution >= 4 is 21.4 Å². The van der Waals surface area contributed by atoms with Crippen molar-refractivity contribution < 1.29 is 13.5 Å². The molecule has 16 heavy (non-hydrogen) atoms. The summed E-state index contributed by atoms with van der Waals surface area (Å²) < 4.78 is 25.6. The number of nitrogens with one attached hydrogen (secondary N) is 1. The van der Waals surface area contributed by atoms with Gasteiger partial charge in [0.15, 0.2) is 0 Å². The molecule has 0 aliphatic rings. The van der Waals surface area contributed by atoms with Gasteiger partial charge in [-0.25, -0.2) is 13.1 Å². The second-order valence-corrected chi connectivity index (χ2v) is 6.40. The van der Waals surface area contributed by atoms with Crippen molar-refractivity contribution in [1.29, 1.82) is 0 Å². The Morgan fingerprint density at radius 1 is 1.56 bits per heavy atom. The van der Waals surface area contributed by atoms with Crippen LogP contribution in [-0.4, -0.2) is 31.9 Å². The van der Waals surface area contributed by atoms with E-state index in [4.69, 9.17) is 5.11 Å². The first-order chi connectivity index (χ1) is 7.53. The van der Waals surface area contributed by atoms with Gasteiger partial charge in [-0.1, -0.05) is 0 Å². The number of hydrogen-bond acceptors (Lipinski definition) is 4. The third-order valence-electron chi connectivity index (χ3n) is 2.07. The van der Waals surface area contributed by atoms with Crippen LogP contribution >= 0.6 is 11.3 Å². The molecule has 0 aliphatic heterocycles. The standard InChI is InChI=1S/C10H17NO3S2/c1-9(7-10-3-5-15-8-10)11-16(13,14)6-2-4-12/h3,5,8-9,11-12H,2,4,6-7H2,1H3. The Morgan fingerprint density at radius 2 is 2.31 bits per heavy atom. The van der Waals surface area contributed by atoms with Gasteiger partial charge in [0.1, 0.15) is 0 Å². The lowest BCUT2D eigenvalue weighted by molar-refractivity contribution is 0.295. The van der Waals surface area contributed by atoms with Crippen LogP contribution in [0.1, 0.15) is 18.9 Å². The van der Waals surface area contributed by atoms with Crippen LogP contribution < -0.4 is 4.72 Å². The van der Waals surface area contributed by atoms with Crippen molar-refractivity contribution in [3.63, 3.8) is 0 Å². The van der Waals surface area contributed by atoms with Gasteiger partial charge in [-0.05, 0) is 42.2 Å². The molecule has 1 rings (SSSR count). The zero-order valence-electron chi connectivity index (χ0n) is 9.22. The normalized spacial score (nSPS) is 13.9. The van der Waals surface area contributed by atoms with E-state index in [0.717, 1.165) is 5.56 Å². The lowest BCUT2D eigenvalue weighted by atomic mass is 10.1. The number of hydrogen-bond donors (Lipinski definition) is 2. The molecular weight excluding hydrogens is 246 g/mol. The fraction of sp³-hybridized carbons (Fsp3) is 0.600. The van der Waals surface area contributed by atoms with Gasteiger partial charge in [-0.3, -0.25) is 0 Å². The monoisotopic (exact) mass is 263 g/mol. The maximum absolute atomic E-state index is 11.5. The van der Waals surface area contributed by atoms with Crippen molar-refractivity contribution in [3.8, 4) is 0 Å². The second-order valence-electron chi connectivity index (χ2n) is 3.75. The van der Waals surface area contributed by atoms with Crippen LogP contribution in [0, 0.1) is 0 Å². The average Bonchev–Trinajstić information content (AvgIpc) is 2.66. The highest BCUT2D eigenvalue weighted by Gasteiger charge is 2.14. The number of rotatable bonds is 7.